The van der Waals surface area contributed by atoms with Gasteiger partial charge in [0.25, 0.3) is 0 Å². The zero-order valence-electron chi connectivity index (χ0n) is 18.1. The maximum Gasteiger partial charge on any atom is 0.238 e. The molecule has 0 radical (unpaired) electrons. The van der Waals surface area contributed by atoms with Crippen molar-refractivity contribution in [1.29, 1.82) is 0 Å². The Bertz CT molecular complexity index is 1330. The van der Waals surface area contributed by atoms with Gasteiger partial charge in [-0.1, -0.05) is 56.3 Å². The molecule has 10 heteroatoms. The molecule has 0 fully saturated rings. The molecule has 0 aliphatic heterocycles. The smallest absolute Gasteiger partial charge is 0.238 e. The highest BCUT2D eigenvalue weighted by molar-refractivity contribution is 7.98. The van der Waals surface area contributed by atoms with Gasteiger partial charge >= 0.3 is 0 Å². The van der Waals surface area contributed by atoms with Crippen LogP contribution in [0.1, 0.15) is 38.1 Å². The fourth-order valence-electron chi connectivity index (χ4n) is 3.48. The van der Waals surface area contributed by atoms with Gasteiger partial charge in [0.15, 0.2) is 5.82 Å². The number of aromatic nitrogens is 5. The van der Waals surface area contributed by atoms with E-state index in [2.05, 4.69) is 45.7 Å². The van der Waals surface area contributed by atoms with Gasteiger partial charge in [0, 0.05) is 12.1 Å². The van der Waals surface area contributed by atoms with E-state index in [-0.39, 0.29) is 4.90 Å². The van der Waals surface area contributed by atoms with Crippen LogP contribution in [-0.4, -0.2) is 33.2 Å². The normalized spacial score (nSPS) is 12.0. The van der Waals surface area contributed by atoms with Gasteiger partial charge in [-0.15, -0.1) is 5.10 Å². The average molecular weight is 471 g/mol. The summed E-state index contributed by atoms with van der Waals surface area (Å²) in [7, 11) is -3.78. The number of nitrogens with two attached hydrogens (primary N) is 1. The third-order valence-corrected chi connectivity index (χ3v) is 7.05. The van der Waals surface area contributed by atoms with Crippen LogP contribution in [0.25, 0.3) is 22.4 Å². The number of fused-ring (bicyclic) bond motifs is 1. The minimum Gasteiger partial charge on any atom is -0.327 e. The number of primary sulfonamides is 1. The second kappa shape index (κ2) is 9.43. The average Bonchev–Trinajstić information content (AvgIpc) is 3.39. The lowest BCUT2D eigenvalue weighted by Gasteiger charge is -2.08. The summed E-state index contributed by atoms with van der Waals surface area (Å²) in [6.45, 7) is 5.07. The first-order valence-electron chi connectivity index (χ1n) is 10.6. The Morgan fingerprint density at radius 3 is 2.56 bits per heavy atom. The van der Waals surface area contributed by atoms with Gasteiger partial charge in [-0.05, 0) is 36.6 Å². The number of nitrogens with one attached hydrogen (secondary N) is 1. The van der Waals surface area contributed by atoms with Crippen LogP contribution in [0.3, 0.4) is 0 Å². The number of nitrogens with zero attached hydrogens (tertiary/aromatic N) is 4. The van der Waals surface area contributed by atoms with Crippen molar-refractivity contribution in [2.45, 2.75) is 55.5 Å². The van der Waals surface area contributed by atoms with Gasteiger partial charge in [-0.2, -0.15) is 0 Å². The van der Waals surface area contributed by atoms with Crippen LogP contribution < -0.4 is 5.14 Å². The van der Waals surface area contributed by atoms with Crippen LogP contribution >= 0.6 is 11.8 Å². The number of hydrogen-bond donors (Lipinski definition) is 2. The zero-order chi connectivity index (χ0) is 22.7. The number of imidazole rings is 1. The van der Waals surface area contributed by atoms with E-state index in [1.54, 1.807) is 6.07 Å². The topological polar surface area (TPSA) is 120 Å². The second-order valence-electron chi connectivity index (χ2n) is 7.53. The molecule has 0 saturated heterocycles. The fraction of sp³-hybridized carbons (Fsp3) is 0.318. The molecule has 0 aliphatic carbocycles. The van der Waals surface area contributed by atoms with Crippen LogP contribution in [0.2, 0.25) is 0 Å². The summed E-state index contributed by atoms with van der Waals surface area (Å²) in [5, 5.41) is 13.3. The van der Waals surface area contributed by atoms with Crippen molar-refractivity contribution in [2.24, 2.45) is 5.14 Å². The number of H-pyrrole nitrogens is 1. The molecule has 2 heterocycles. The van der Waals surface area contributed by atoms with Crippen molar-refractivity contribution in [3.63, 3.8) is 0 Å². The van der Waals surface area contributed by atoms with Crippen molar-refractivity contribution >= 4 is 32.8 Å². The van der Waals surface area contributed by atoms with E-state index in [4.69, 9.17) is 10.1 Å². The van der Waals surface area contributed by atoms with Crippen molar-refractivity contribution in [3.05, 3.63) is 53.9 Å². The highest BCUT2D eigenvalue weighted by atomic mass is 32.2. The van der Waals surface area contributed by atoms with E-state index in [9.17, 15) is 8.42 Å². The van der Waals surface area contributed by atoms with Crippen molar-refractivity contribution in [3.8, 4) is 11.4 Å². The Morgan fingerprint density at radius 2 is 1.88 bits per heavy atom. The van der Waals surface area contributed by atoms with Crippen LogP contribution in [0.5, 0.6) is 0 Å². The summed E-state index contributed by atoms with van der Waals surface area (Å²) in [4.78, 5) is 9.37. The van der Waals surface area contributed by atoms with Gasteiger partial charge in [0.05, 0.1) is 21.7 Å². The summed E-state index contributed by atoms with van der Waals surface area (Å²) < 4.78 is 25.6. The van der Waals surface area contributed by atoms with Gasteiger partial charge in [-0.3, -0.25) is 5.10 Å². The lowest BCUT2D eigenvalue weighted by atomic mass is 10.1. The molecule has 8 nitrogen and oxygen atoms in total. The van der Waals surface area contributed by atoms with Gasteiger partial charge in [-0.25, -0.2) is 23.5 Å². The quantitative estimate of drug-likeness (QED) is 0.355. The first-order valence-corrected chi connectivity index (χ1v) is 13.1. The molecule has 3 N–H and O–H groups in total. The summed E-state index contributed by atoms with van der Waals surface area (Å²) in [6.07, 6.45) is 3.04. The Hall–Kier alpha value is -2.69. The molecule has 0 saturated carbocycles. The largest absolute Gasteiger partial charge is 0.327 e. The number of unbranched alkanes of at least 4 members (excludes halogenated alkanes) is 1. The molecule has 0 aliphatic rings. The molecule has 0 spiro atoms. The fourth-order valence-corrected chi connectivity index (χ4v) is 4.76. The molecule has 0 amide bonds. The zero-order valence-corrected chi connectivity index (χ0v) is 19.7. The maximum atomic E-state index is 11.7. The van der Waals surface area contributed by atoms with Gasteiger partial charge < -0.3 is 4.57 Å². The van der Waals surface area contributed by atoms with E-state index < -0.39 is 10.0 Å². The lowest BCUT2D eigenvalue weighted by Crippen LogP contribution is -2.11. The predicted molar refractivity (Wildman–Crippen MR) is 127 cm³/mol. The third-order valence-electron chi connectivity index (χ3n) is 5.29. The van der Waals surface area contributed by atoms with E-state index in [1.807, 2.05) is 12.1 Å². The number of sulfonamides is 1. The SMILES string of the molecule is CCCCn1c(CSc2n[nH]c(-c3ccc(CC)cc3)n2)nc2cc(S(N)(=O)=O)ccc21. The molecule has 2 aromatic carbocycles. The molecule has 32 heavy (non-hydrogen) atoms. The van der Waals surface area contributed by atoms with Crippen molar-refractivity contribution in [1.82, 2.24) is 24.7 Å². The standard InChI is InChI=1S/C22H26N6O2S2/c1-3-5-12-28-19-11-10-17(32(23,29)30)13-18(19)24-20(28)14-31-22-25-21(26-27-22)16-8-6-15(4-2)7-9-16/h6-11,13H,3-5,12,14H2,1-2H3,(H2,23,29,30)(H,25,26,27). The first kappa shape index (κ1) is 22.5. The Morgan fingerprint density at radius 1 is 1.09 bits per heavy atom. The lowest BCUT2D eigenvalue weighted by molar-refractivity contribution is 0.598. The molecule has 4 aromatic rings. The minimum atomic E-state index is -3.78. The third kappa shape index (κ3) is 4.87. The van der Waals surface area contributed by atoms with Gasteiger partial charge in [0.1, 0.15) is 5.82 Å². The van der Waals surface area contributed by atoms with Crippen molar-refractivity contribution in [2.75, 3.05) is 0 Å². The minimum absolute atomic E-state index is 0.0667. The van der Waals surface area contributed by atoms with E-state index in [0.717, 1.165) is 48.5 Å². The molecule has 0 unspecified atom stereocenters. The summed E-state index contributed by atoms with van der Waals surface area (Å²) in [6, 6.07) is 13.1. The number of hydrogen-bond acceptors (Lipinski definition) is 6. The Labute approximate surface area is 191 Å². The summed E-state index contributed by atoms with van der Waals surface area (Å²) in [5.41, 5.74) is 3.79. The Balaban J connectivity index is 1.57. The Kier molecular flexibility index (Phi) is 6.63. The first-order chi connectivity index (χ1) is 15.4. The predicted octanol–water partition coefficient (Wildman–Crippen LogP) is 4.12. The highest BCUT2D eigenvalue weighted by Gasteiger charge is 2.16. The van der Waals surface area contributed by atoms with Crippen LogP contribution in [0, 0.1) is 0 Å². The second-order valence-corrected chi connectivity index (χ2v) is 10.0. The van der Waals surface area contributed by atoms with Crippen molar-refractivity contribution < 1.29 is 8.42 Å². The molecule has 0 bridgehead atoms. The summed E-state index contributed by atoms with van der Waals surface area (Å²) in [5.74, 6) is 2.14. The molecule has 0 atom stereocenters. The summed E-state index contributed by atoms with van der Waals surface area (Å²) >= 11 is 1.49. The number of thioether (sulfide) groups is 1. The van der Waals surface area contributed by atoms with Crippen LogP contribution in [0.15, 0.2) is 52.5 Å². The highest BCUT2D eigenvalue weighted by Crippen LogP contribution is 2.26. The number of aryl methyl sites for hydroxylation is 2. The number of benzene rings is 2. The van der Waals surface area contributed by atoms with Crippen LogP contribution in [0.4, 0.5) is 0 Å². The molecule has 4 rings (SSSR count). The molecule has 168 valence electrons. The molecular weight excluding hydrogens is 444 g/mol. The van der Waals surface area contributed by atoms with Gasteiger partial charge in [0.2, 0.25) is 15.2 Å². The molecular formula is C22H26N6O2S2. The monoisotopic (exact) mass is 470 g/mol. The van der Waals surface area contributed by atoms with E-state index in [1.165, 1.54) is 29.5 Å². The van der Waals surface area contributed by atoms with E-state index >= 15 is 0 Å². The molecule has 2 aromatic heterocycles. The number of rotatable bonds is 9. The van der Waals surface area contributed by atoms with Crippen LogP contribution in [-0.2, 0) is 28.7 Å². The van der Waals surface area contributed by atoms with E-state index in [0.29, 0.717) is 16.4 Å². The maximum absolute atomic E-state index is 11.7. The number of aromatic amines is 1.